The number of fused-ring (bicyclic) bond motifs is 4. The van der Waals surface area contributed by atoms with Gasteiger partial charge in [-0.2, -0.15) is 0 Å². The molecule has 0 amide bonds. The molecule has 0 aliphatic carbocycles. The van der Waals surface area contributed by atoms with Crippen molar-refractivity contribution in [2.24, 2.45) is 0 Å². The lowest BCUT2D eigenvalue weighted by Gasteiger charge is -2.08. The number of nitro groups is 1. The van der Waals surface area contributed by atoms with Gasteiger partial charge in [0.2, 0.25) is 0 Å². The number of halogens is 2. The van der Waals surface area contributed by atoms with Gasteiger partial charge in [-0.3, -0.25) is 24.0 Å². The maximum Gasteiger partial charge on any atom is 0.289 e. The van der Waals surface area contributed by atoms with Crippen LogP contribution in [0.25, 0.3) is 38.9 Å². The summed E-state index contributed by atoms with van der Waals surface area (Å²) in [5, 5.41) is 12.4. The van der Waals surface area contributed by atoms with Crippen LogP contribution in [0.4, 0.5) is 5.69 Å². The average Bonchev–Trinajstić information content (AvgIpc) is 3.19. The van der Waals surface area contributed by atoms with Crippen molar-refractivity contribution >= 4 is 62.1 Å². The first-order valence-electron chi connectivity index (χ1n) is 10.8. The van der Waals surface area contributed by atoms with E-state index in [1.165, 1.54) is 23.0 Å². The minimum Gasteiger partial charge on any atom is -0.294 e. The minimum absolute atomic E-state index is 0.000620. The van der Waals surface area contributed by atoms with Crippen LogP contribution in [0.15, 0.2) is 77.9 Å². The molecule has 11 heteroatoms. The van der Waals surface area contributed by atoms with Crippen molar-refractivity contribution in [3.05, 3.63) is 109 Å². The van der Waals surface area contributed by atoms with Gasteiger partial charge in [-0.15, -0.1) is 0 Å². The summed E-state index contributed by atoms with van der Waals surface area (Å²) >= 11 is 12.0. The third kappa shape index (κ3) is 3.57. The molecule has 0 radical (unpaired) electrons. The number of aromatic nitrogens is 5. The molecule has 0 aliphatic heterocycles. The summed E-state index contributed by atoms with van der Waals surface area (Å²) in [7, 11) is 0. The summed E-state index contributed by atoms with van der Waals surface area (Å²) in [4.78, 5) is 38.7. The molecule has 3 aromatic heterocycles. The normalized spacial score (nSPS) is 11.5. The number of nitro benzene ring substituents is 1. The molecule has 0 fully saturated rings. The Labute approximate surface area is 212 Å². The Morgan fingerprint density at radius 2 is 1.64 bits per heavy atom. The van der Waals surface area contributed by atoms with Crippen LogP contribution in [-0.4, -0.2) is 29.0 Å². The molecule has 176 valence electrons. The maximum absolute atomic E-state index is 13.7. The molecule has 6 aromatic rings. The minimum atomic E-state index is -0.562. The lowest BCUT2D eigenvalue weighted by molar-refractivity contribution is -0.384. The fourth-order valence-electron chi connectivity index (χ4n) is 4.20. The van der Waals surface area contributed by atoms with Crippen LogP contribution in [0.3, 0.4) is 0 Å². The van der Waals surface area contributed by atoms with Gasteiger partial charge in [-0.05, 0) is 42.0 Å². The van der Waals surface area contributed by atoms with Crippen LogP contribution in [0.5, 0.6) is 0 Å². The number of hydrogen-bond donors (Lipinski definition) is 0. The van der Waals surface area contributed by atoms with Crippen molar-refractivity contribution in [2.75, 3.05) is 0 Å². The van der Waals surface area contributed by atoms with E-state index in [4.69, 9.17) is 33.2 Å². The Morgan fingerprint density at radius 3 is 2.36 bits per heavy atom. The van der Waals surface area contributed by atoms with Crippen molar-refractivity contribution in [1.29, 1.82) is 0 Å². The molecule has 0 N–H and O–H groups in total. The van der Waals surface area contributed by atoms with E-state index >= 15 is 0 Å². The van der Waals surface area contributed by atoms with Gasteiger partial charge in [-0.25, -0.2) is 15.0 Å². The second kappa shape index (κ2) is 8.40. The van der Waals surface area contributed by atoms with Crippen LogP contribution in [-0.2, 0) is 6.54 Å². The first-order valence-corrected chi connectivity index (χ1v) is 11.5. The summed E-state index contributed by atoms with van der Waals surface area (Å²) in [5.41, 5.74) is 2.89. The summed E-state index contributed by atoms with van der Waals surface area (Å²) < 4.78 is 3.08. The predicted molar refractivity (Wildman–Crippen MR) is 138 cm³/mol. The van der Waals surface area contributed by atoms with E-state index in [2.05, 4.69) is 4.98 Å². The van der Waals surface area contributed by atoms with Gasteiger partial charge in [-0.1, -0.05) is 47.5 Å². The number of benzene rings is 3. The molecule has 0 atom stereocenters. The lowest BCUT2D eigenvalue weighted by atomic mass is 10.2. The van der Waals surface area contributed by atoms with Crippen LogP contribution < -0.4 is 5.56 Å². The molecule has 0 spiro atoms. The monoisotopic (exact) mass is 516 g/mol. The van der Waals surface area contributed by atoms with Gasteiger partial charge in [0, 0.05) is 11.1 Å². The Kier molecular flexibility index (Phi) is 5.17. The highest BCUT2D eigenvalue weighted by Gasteiger charge is 2.23. The van der Waals surface area contributed by atoms with Crippen molar-refractivity contribution in [2.45, 2.75) is 6.54 Å². The quantitative estimate of drug-likeness (QED) is 0.224. The maximum atomic E-state index is 13.7. The highest BCUT2D eigenvalue weighted by Crippen LogP contribution is 2.32. The molecule has 9 nitrogen and oxygen atoms in total. The third-order valence-electron chi connectivity index (χ3n) is 5.88. The number of nitrogens with zero attached hydrogens (tertiary/aromatic N) is 6. The van der Waals surface area contributed by atoms with E-state index < -0.39 is 4.92 Å². The molecule has 0 saturated heterocycles. The van der Waals surface area contributed by atoms with Crippen LogP contribution in [0.2, 0.25) is 10.0 Å². The van der Waals surface area contributed by atoms with E-state index in [1.807, 2.05) is 24.3 Å². The Balaban J connectivity index is 1.67. The number of rotatable bonds is 4. The van der Waals surface area contributed by atoms with Gasteiger partial charge in [0.05, 0.1) is 28.2 Å². The third-order valence-corrected chi connectivity index (χ3v) is 6.45. The lowest BCUT2D eigenvalue weighted by Crippen LogP contribution is -2.21. The van der Waals surface area contributed by atoms with Crippen LogP contribution in [0.1, 0.15) is 5.56 Å². The van der Waals surface area contributed by atoms with Crippen LogP contribution >= 0.6 is 23.2 Å². The van der Waals surface area contributed by atoms with Crippen LogP contribution in [0, 0.1) is 10.1 Å². The van der Waals surface area contributed by atoms with E-state index in [0.717, 1.165) is 5.56 Å². The van der Waals surface area contributed by atoms with Gasteiger partial charge in [0.1, 0.15) is 22.3 Å². The smallest absolute Gasteiger partial charge is 0.289 e. The van der Waals surface area contributed by atoms with E-state index in [1.54, 1.807) is 34.9 Å². The first-order chi connectivity index (χ1) is 17.4. The molecule has 0 bridgehead atoms. The van der Waals surface area contributed by atoms with Crippen molar-refractivity contribution in [1.82, 2.24) is 24.1 Å². The first kappa shape index (κ1) is 22.1. The van der Waals surface area contributed by atoms with E-state index in [9.17, 15) is 14.9 Å². The van der Waals surface area contributed by atoms with Crippen molar-refractivity contribution in [3.8, 4) is 5.69 Å². The zero-order chi connectivity index (χ0) is 25.0. The van der Waals surface area contributed by atoms with Gasteiger partial charge < -0.3 is 0 Å². The zero-order valence-electron chi connectivity index (χ0n) is 18.3. The summed E-state index contributed by atoms with van der Waals surface area (Å²) in [6.45, 7) is 0.277. The Hall–Kier alpha value is -4.34. The summed E-state index contributed by atoms with van der Waals surface area (Å²) in [5.74, 6) is 0. The number of para-hydroxylation sites is 2. The second-order valence-electron chi connectivity index (χ2n) is 8.12. The molecule has 36 heavy (non-hydrogen) atoms. The fraction of sp³-hybridized carbons (Fsp3) is 0.0400. The summed E-state index contributed by atoms with van der Waals surface area (Å²) in [6.07, 6.45) is 1.44. The van der Waals surface area contributed by atoms with Gasteiger partial charge >= 0.3 is 0 Å². The standard InChI is InChI=1S/C25H14Cl2N6O3/c26-15-7-5-14(6-8-15)12-31-13-28-23-21(25(31)34)22-24(30-19-4-2-1-3-18(19)29-22)32(23)16-9-10-17(27)20(11-16)33(35)36/h1-11,13H,12H2. The second-order valence-corrected chi connectivity index (χ2v) is 8.96. The fourth-order valence-corrected chi connectivity index (χ4v) is 4.51. The van der Waals surface area contributed by atoms with Crippen molar-refractivity contribution in [3.63, 3.8) is 0 Å². The molecule has 3 heterocycles. The SMILES string of the molecule is O=c1c2c3nc4ccccc4nc3n(-c3ccc(Cl)c([N+](=O)[O-])c3)c2ncn1Cc1ccc(Cl)cc1. The highest BCUT2D eigenvalue weighted by atomic mass is 35.5. The van der Waals surface area contributed by atoms with Crippen molar-refractivity contribution < 1.29 is 4.92 Å². The molecule has 0 unspecified atom stereocenters. The molecule has 0 aliphatic rings. The topological polar surface area (TPSA) is 109 Å². The molecule has 3 aromatic carbocycles. The van der Waals surface area contributed by atoms with E-state index in [-0.39, 0.29) is 33.8 Å². The molecular formula is C25H14Cl2N6O3. The largest absolute Gasteiger partial charge is 0.294 e. The molecular weight excluding hydrogens is 503 g/mol. The average molecular weight is 517 g/mol. The number of hydrogen-bond acceptors (Lipinski definition) is 6. The van der Waals surface area contributed by atoms with Gasteiger partial charge in [0.25, 0.3) is 11.2 Å². The predicted octanol–water partition coefficient (Wildman–Crippen LogP) is 5.55. The zero-order valence-corrected chi connectivity index (χ0v) is 19.8. The summed E-state index contributed by atoms with van der Waals surface area (Å²) in [6, 6.07) is 18.8. The van der Waals surface area contributed by atoms with Gasteiger partial charge in [0.15, 0.2) is 11.3 Å². The highest BCUT2D eigenvalue weighted by molar-refractivity contribution is 6.32. The Bertz CT molecular complexity index is 1900. The van der Waals surface area contributed by atoms with E-state index in [0.29, 0.717) is 32.9 Å². The Morgan fingerprint density at radius 1 is 0.917 bits per heavy atom. The molecule has 6 rings (SSSR count). The molecule has 0 saturated carbocycles.